The average molecular weight is 262 g/mol. The van der Waals surface area contributed by atoms with Crippen LogP contribution in [0.1, 0.15) is 78.6 Å². The monoisotopic (exact) mass is 262 g/mol. The molecular weight excluding hydrogens is 232 g/mol. The Hall–Kier alpha value is -0.850. The summed E-state index contributed by atoms with van der Waals surface area (Å²) < 4.78 is 0. The summed E-state index contributed by atoms with van der Waals surface area (Å²) in [5, 5.41) is 0. The van der Waals surface area contributed by atoms with E-state index < -0.39 is 0 Å². The lowest BCUT2D eigenvalue weighted by Crippen LogP contribution is -2.16. The number of unbranched alkanes of at least 4 members (excludes halogenated alkanes) is 2. The van der Waals surface area contributed by atoms with Crippen LogP contribution in [0, 0.1) is 5.92 Å². The third-order valence-electron chi connectivity index (χ3n) is 4.01. The van der Waals surface area contributed by atoms with Gasteiger partial charge < -0.3 is 0 Å². The molecule has 1 aliphatic rings. The first-order valence-electron chi connectivity index (χ1n) is 7.97. The molecule has 19 heavy (non-hydrogen) atoms. The van der Waals surface area contributed by atoms with Crippen molar-refractivity contribution in [2.24, 2.45) is 5.92 Å². The van der Waals surface area contributed by atoms with E-state index in [1.165, 1.54) is 24.8 Å². The molecule has 0 heterocycles. The minimum atomic E-state index is 0.323. The third-order valence-corrected chi connectivity index (χ3v) is 4.01. The highest BCUT2D eigenvalue weighted by atomic mass is 16.1. The number of hydrogen-bond acceptors (Lipinski definition) is 1. The highest BCUT2D eigenvalue weighted by Gasteiger charge is 2.20. The lowest BCUT2D eigenvalue weighted by Gasteiger charge is -2.20. The molecule has 0 aliphatic heterocycles. The second kappa shape index (κ2) is 9.12. The summed E-state index contributed by atoms with van der Waals surface area (Å²) in [5.74, 6) is 0.831. The van der Waals surface area contributed by atoms with Crippen LogP contribution in [0.15, 0.2) is 23.3 Å². The van der Waals surface area contributed by atoms with Crippen molar-refractivity contribution in [2.45, 2.75) is 78.6 Å². The quantitative estimate of drug-likeness (QED) is 0.410. The van der Waals surface area contributed by atoms with Crippen molar-refractivity contribution in [1.82, 2.24) is 0 Å². The van der Waals surface area contributed by atoms with E-state index in [1.807, 2.05) is 0 Å². The van der Waals surface area contributed by atoms with E-state index >= 15 is 0 Å². The van der Waals surface area contributed by atoms with Crippen LogP contribution in [0.2, 0.25) is 0 Å². The Kier molecular flexibility index (Phi) is 7.78. The molecule has 0 aromatic carbocycles. The smallest absolute Gasteiger partial charge is 0.136 e. The molecular formula is C18H30O. The molecule has 0 radical (unpaired) electrons. The first-order valence-corrected chi connectivity index (χ1v) is 7.97. The SMILES string of the molecule is CCCCCC(=O)C1CC=C(CCC=C(C)C)CC1. The summed E-state index contributed by atoms with van der Waals surface area (Å²) in [4.78, 5) is 12.0. The number of carbonyl (C=O) groups is 1. The van der Waals surface area contributed by atoms with Crippen molar-refractivity contribution < 1.29 is 4.79 Å². The molecule has 1 unspecified atom stereocenters. The molecule has 108 valence electrons. The van der Waals surface area contributed by atoms with E-state index in [9.17, 15) is 4.79 Å². The van der Waals surface area contributed by atoms with Crippen LogP contribution in [0.4, 0.5) is 0 Å². The van der Waals surface area contributed by atoms with E-state index in [2.05, 4.69) is 32.9 Å². The Morgan fingerprint density at radius 3 is 2.74 bits per heavy atom. The molecule has 1 heteroatoms. The van der Waals surface area contributed by atoms with Crippen LogP contribution in [0.3, 0.4) is 0 Å². The lowest BCUT2D eigenvalue weighted by atomic mass is 9.84. The molecule has 0 saturated carbocycles. The van der Waals surface area contributed by atoms with Gasteiger partial charge in [-0.05, 0) is 52.4 Å². The Labute approximate surface area is 119 Å². The maximum Gasteiger partial charge on any atom is 0.136 e. The van der Waals surface area contributed by atoms with E-state index in [0.29, 0.717) is 11.7 Å². The molecule has 0 N–H and O–H groups in total. The van der Waals surface area contributed by atoms with E-state index in [1.54, 1.807) is 5.57 Å². The van der Waals surface area contributed by atoms with Gasteiger partial charge in [0, 0.05) is 12.3 Å². The number of hydrogen-bond donors (Lipinski definition) is 0. The van der Waals surface area contributed by atoms with Crippen molar-refractivity contribution in [3.63, 3.8) is 0 Å². The number of rotatable bonds is 8. The molecule has 0 bridgehead atoms. The molecule has 0 amide bonds. The molecule has 1 nitrogen and oxygen atoms in total. The van der Waals surface area contributed by atoms with Gasteiger partial charge in [0.1, 0.15) is 5.78 Å². The van der Waals surface area contributed by atoms with Gasteiger partial charge in [-0.15, -0.1) is 0 Å². The first kappa shape index (κ1) is 16.2. The highest BCUT2D eigenvalue weighted by molar-refractivity contribution is 5.81. The number of allylic oxidation sites excluding steroid dienone is 4. The van der Waals surface area contributed by atoms with Crippen molar-refractivity contribution in [3.05, 3.63) is 23.3 Å². The van der Waals surface area contributed by atoms with Crippen LogP contribution in [0.25, 0.3) is 0 Å². The summed E-state index contributed by atoms with van der Waals surface area (Å²) >= 11 is 0. The van der Waals surface area contributed by atoms with Gasteiger partial charge in [-0.3, -0.25) is 4.79 Å². The Bertz CT molecular complexity index is 332. The Morgan fingerprint density at radius 2 is 2.16 bits per heavy atom. The second-order valence-corrected chi connectivity index (χ2v) is 6.08. The average Bonchev–Trinajstić information content (AvgIpc) is 2.39. The number of Topliss-reactive ketones (excluding diaryl/α,β-unsaturated/α-hetero) is 1. The van der Waals surface area contributed by atoms with Crippen molar-refractivity contribution in [3.8, 4) is 0 Å². The predicted octanol–water partition coefficient (Wildman–Crippen LogP) is 5.61. The Morgan fingerprint density at radius 1 is 1.37 bits per heavy atom. The van der Waals surface area contributed by atoms with Crippen LogP contribution >= 0.6 is 0 Å². The zero-order valence-electron chi connectivity index (χ0n) is 13.0. The topological polar surface area (TPSA) is 17.1 Å². The van der Waals surface area contributed by atoms with Gasteiger partial charge in [0.2, 0.25) is 0 Å². The fraction of sp³-hybridized carbons (Fsp3) is 0.722. The largest absolute Gasteiger partial charge is 0.299 e. The van der Waals surface area contributed by atoms with Gasteiger partial charge >= 0.3 is 0 Å². The zero-order chi connectivity index (χ0) is 14.1. The minimum absolute atomic E-state index is 0.323. The fourth-order valence-corrected chi connectivity index (χ4v) is 2.71. The summed E-state index contributed by atoms with van der Waals surface area (Å²) in [6, 6.07) is 0. The van der Waals surface area contributed by atoms with Gasteiger partial charge in [-0.2, -0.15) is 0 Å². The molecule has 0 spiro atoms. The van der Waals surface area contributed by atoms with Gasteiger partial charge in [0.25, 0.3) is 0 Å². The summed E-state index contributed by atoms with van der Waals surface area (Å²) in [5.41, 5.74) is 2.97. The summed E-state index contributed by atoms with van der Waals surface area (Å²) in [6.45, 7) is 6.49. The number of ketones is 1. The molecule has 0 fully saturated rings. The molecule has 1 rings (SSSR count). The van der Waals surface area contributed by atoms with Crippen molar-refractivity contribution in [2.75, 3.05) is 0 Å². The first-order chi connectivity index (χ1) is 9.13. The third kappa shape index (κ3) is 6.75. The van der Waals surface area contributed by atoms with Gasteiger partial charge in [0.05, 0.1) is 0 Å². The second-order valence-electron chi connectivity index (χ2n) is 6.08. The molecule has 0 saturated heterocycles. The van der Waals surface area contributed by atoms with Crippen LogP contribution in [-0.4, -0.2) is 5.78 Å². The number of carbonyl (C=O) groups excluding carboxylic acids is 1. The minimum Gasteiger partial charge on any atom is -0.299 e. The maximum atomic E-state index is 12.0. The van der Waals surface area contributed by atoms with E-state index in [4.69, 9.17) is 0 Å². The summed E-state index contributed by atoms with van der Waals surface area (Å²) in [6.07, 6.45) is 14.5. The van der Waals surface area contributed by atoms with Crippen molar-refractivity contribution >= 4 is 5.78 Å². The fourth-order valence-electron chi connectivity index (χ4n) is 2.71. The predicted molar refractivity (Wildman–Crippen MR) is 83.2 cm³/mol. The standard InChI is InChI=1S/C18H30O/c1-4-5-6-10-18(19)17-13-11-16(12-14-17)9-7-8-15(2)3/h8,11,17H,4-7,9-10,12-14H2,1-3H3. The van der Waals surface area contributed by atoms with Crippen LogP contribution < -0.4 is 0 Å². The maximum absolute atomic E-state index is 12.0. The molecule has 1 atom stereocenters. The highest BCUT2D eigenvalue weighted by Crippen LogP contribution is 2.28. The van der Waals surface area contributed by atoms with Gasteiger partial charge in [-0.1, -0.05) is 43.1 Å². The Balaban J connectivity index is 2.28. The van der Waals surface area contributed by atoms with E-state index in [-0.39, 0.29) is 0 Å². The molecule has 0 aromatic heterocycles. The molecule has 0 aromatic rings. The van der Waals surface area contributed by atoms with E-state index in [0.717, 1.165) is 38.5 Å². The lowest BCUT2D eigenvalue weighted by molar-refractivity contribution is -0.123. The van der Waals surface area contributed by atoms with Gasteiger partial charge in [0.15, 0.2) is 0 Å². The zero-order valence-corrected chi connectivity index (χ0v) is 13.0. The summed E-state index contributed by atoms with van der Waals surface area (Å²) in [7, 11) is 0. The normalized spacial score (nSPS) is 18.9. The van der Waals surface area contributed by atoms with Crippen LogP contribution in [-0.2, 0) is 4.79 Å². The van der Waals surface area contributed by atoms with Gasteiger partial charge in [-0.25, -0.2) is 0 Å². The molecule has 1 aliphatic carbocycles. The van der Waals surface area contributed by atoms with Crippen molar-refractivity contribution in [1.29, 1.82) is 0 Å². The van der Waals surface area contributed by atoms with Crippen LogP contribution in [0.5, 0.6) is 0 Å².